The maximum absolute atomic E-state index is 11.6. The second kappa shape index (κ2) is 14.1. The highest BCUT2D eigenvalue weighted by Gasteiger charge is 2.37. The Morgan fingerprint density at radius 3 is 2.27 bits per heavy atom. The molecule has 0 saturated carbocycles. The lowest BCUT2D eigenvalue weighted by molar-refractivity contribution is -0.150. The molecule has 1 fully saturated rings. The number of hydrogen-bond acceptors (Lipinski definition) is 8. The second-order valence-electron chi connectivity index (χ2n) is 9.52. The van der Waals surface area contributed by atoms with Crippen LogP contribution in [-0.4, -0.2) is 46.6 Å². The minimum absolute atomic E-state index is 0.360. The van der Waals surface area contributed by atoms with E-state index < -0.39 is 5.79 Å². The number of ether oxygens (including phenoxy) is 7. The first kappa shape index (κ1) is 29.2. The molecule has 4 rings (SSSR count). The van der Waals surface area contributed by atoms with E-state index in [1.165, 1.54) is 7.11 Å². The smallest absolute Gasteiger partial charge is 0.337 e. The minimum Gasteiger partial charge on any atom is -0.496 e. The number of esters is 1. The SMILES string of the molecule is CCCc1c(OCCCOc2cccc(OCc3ccc(C(=O)OC)cc3)c2)ccc(C2(C)OCCO2)c1OC. The Hall–Kier alpha value is -3.75. The van der Waals surface area contributed by atoms with Crippen LogP contribution < -0.4 is 18.9 Å². The van der Waals surface area contributed by atoms with Gasteiger partial charge in [-0.2, -0.15) is 0 Å². The van der Waals surface area contributed by atoms with E-state index in [0.29, 0.717) is 50.8 Å². The van der Waals surface area contributed by atoms with Gasteiger partial charge in [-0.25, -0.2) is 4.79 Å². The van der Waals surface area contributed by atoms with Crippen LogP contribution in [0.3, 0.4) is 0 Å². The molecule has 0 amide bonds. The first-order valence-corrected chi connectivity index (χ1v) is 13.6. The van der Waals surface area contributed by atoms with Crippen molar-refractivity contribution < 1.29 is 38.0 Å². The maximum Gasteiger partial charge on any atom is 0.337 e. The Kier molecular flexibility index (Phi) is 10.3. The predicted octanol–water partition coefficient (Wildman–Crippen LogP) is 6.08. The average molecular weight is 551 g/mol. The lowest BCUT2D eigenvalue weighted by atomic mass is 9.98. The minimum atomic E-state index is -0.812. The van der Waals surface area contributed by atoms with Gasteiger partial charge < -0.3 is 33.2 Å². The molecular weight excluding hydrogens is 512 g/mol. The van der Waals surface area contributed by atoms with Crippen molar-refractivity contribution in [2.75, 3.05) is 40.6 Å². The van der Waals surface area contributed by atoms with Gasteiger partial charge in [-0.1, -0.05) is 31.5 Å². The van der Waals surface area contributed by atoms with Crippen molar-refractivity contribution in [2.24, 2.45) is 0 Å². The average Bonchev–Trinajstić information content (AvgIpc) is 3.43. The summed E-state index contributed by atoms with van der Waals surface area (Å²) in [7, 11) is 3.04. The first-order chi connectivity index (χ1) is 19.5. The Morgan fingerprint density at radius 2 is 1.60 bits per heavy atom. The van der Waals surface area contributed by atoms with Crippen molar-refractivity contribution in [3.8, 4) is 23.0 Å². The summed E-state index contributed by atoms with van der Waals surface area (Å²) < 4.78 is 40.3. The van der Waals surface area contributed by atoms with Crippen molar-refractivity contribution >= 4 is 5.97 Å². The van der Waals surface area contributed by atoms with E-state index in [1.54, 1.807) is 19.2 Å². The van der Waals surface area contributed by atoms with E-state index in [-0.39, 0.29) is 5.97 Å². The van der Waals surface area contributed by atoms with Gasteiger partial charge in [0.15, 0.2) is 5.79 Å². The van der Waals surface area contributed by atoms with Gasteiger partial charge in [-0.15, -0.1) is 0 Å². The quantitative estimate of drug-likeness (QED) is 0.176. The summed E-state index contributed by atoms with van der Waals surface area (Å²) in [5.41, 5.74) is 3.35. The van der Waals surface area contributed by atoms with Gasteiger partial charge >= 0.3 is 5.97 Å². The summed E-state index contributed by atoms with van der Waals surface area (Å²) in [5.74, 6) is 1.82. The summed E-state index contributed by atoms with van der Waals surface area (Å²) in [6, 6.07) is 18.6. The third-order valence-corrected chi connectivity index (χ3v) is 6.65. The molecule has 1 heterocycles. The molecule has 1 aliphatic heterocycles. The highest BCUT2D eigenvalue weighted by molar-refractivity contribution is 5.89. The Bertz CT molecular complexity index is 1250. The van der Waals surface area contributed by atoms with Gasteiger partial charge in [0.2, 0.25) is 0 Å². The van der Waals surface area contributed by atoms with Gasteiger partial charge in [0, 0.05) is 18.1 Å². The molecule has 1 saturated heterocycles. The van der Waals surface area contributed by atoms with Crippen LogP contribution in [0.15, 0.2) is 60.7 Å². The van der Waals surface area contributed by atoms with Crippen LogP contribution in [0.25, 0.3) is 0 Å². The van der Waals surface area contributed by atoms with Crippen LogP contribution >= 0.6 is 0 Å². The zero-order valence-electron chi connectivity index (χ0n) is 23.7. The van der Waals surface area contributed by atoms with Gasteiger partial charge in [-0.05, 0) is 55.3 Å². The number of benzene rings is 3. The molecule has 8 heteroatoms. The fourth-order valence-corrected chi connectivity index (χ4v) is 4.60. The molecule has 214 valence electrons. The van der Waals surface area contributed by atoms with Crippen LogP contribution in [0.5, 0.6) is 23.0 Å². The Labute approximate surface area is 236 Å². The fraction of sp³-hybridized carbons (Fsp3) is 0.406. The fourth-order valence-electron chi connectivity index (χ4n) is 4.60. The molecule has 0 radical (unpaired) electrons. The zero-order valence-corrected chi connectivity index (χ0v) is 23.7. The zero-order chi connectivity index (χ0) is 28.4. The number of carbonyl (C=O) groups is 1. The molecule has 0 atom stereocenters. The molecule has 0 N–H and O–H groups in total. The number of rotatable bonds is 14. The van der Waals surface area contributed by atoms with Crippen molar-refractivity contribution in [1.29, 1.82) is 0 Å². The van der Waals surface area contributed by atoms with Crippen LogP contribution in [0.1, 0.15) is 53.7 Å². The standard InChI is InChI=1S/C32H38O8/c1-5-8-27-29(16-15-28(30(27)34-3)32(2)39-19-20-40-32)37-18-7-17-36-25-9-6-10-26(21-25)38-22-23-11-13-24(14-12-23)31(33)35-4/h6,9-16,21H,5,7-8,17-20,22H2,1-4H3. The van der Waals surface area contributed by atoms with Gasteiger partial charge in [0.1, 0.15) is 29.6 Å². The summed E-state index contributed by atoms with van der Waals surface area (Å²) in [4.78, 5) is 11.6. The number of carbonyl (C=O) groups excluding carboxylic acids is 1. The number of hydrogen-bond donors (Lipinski definition) is 0. The van der Waals surface area contributed by atoms with Gasteiger partial charge in [-0.3, -0.25) is 0 Å². The van der Waals surface area contributed by atoms with Crippen LogP contribution in [-0.2, 0) is 33.0 Å². The normalized spacial score (nSPS) is 14.0. The number of methoxy groups -OCH3 is 2. The second-order valence-corrected chi connectivity index (χ2v) is 9.52. The largest absolute Gasteiger partial charge is 0.496 e. The van der Waals surface area contributed by atoms with Gasteiger partial charge in [0.05, 0.1) is 51.8 Å². The molecule has 40 heavy (non-hydrogen) atoms. The molecule has 3 aromatic rings. The monoisotopic (exact) mass is 550 g/mol. The Morgan fingerprint density at radius 1 is 0.900 bits per heavy atom. The van der Waals surface area contributed by atoms with E-state index in [4.69, 9.17) is 33.2 Å². The molecule has 0 aliphatic carbocycles. The third kappa shape index (κ3) is 7.25. The molecule has 0 unspecified atom stereocenters. The lowest BCUT2D eigenvalue weighted by Crippen LogP contribution is -2.24. The van der Waals surface area contributed by atoms with E-state index in [1.807, 2.05) is 55.5 Å². The summed E-state index contributed by atoms with van der Waals surface area (Å²) in [5, 5.41) is 0. The molecule has 3 aromatic carbocycles. The van der Waals surface area contributed by atoms with E-state index in [9.17, 15) is 4.79 Å². The molecule has 1 aliphatic rings. The molecule has 0 aromatic heterocycles. The van der Waals surface area contributed by atoms with Gasteiger partial charge in [0.25, 0.3) is 0 Å². The van der Waals surface area contributed by atoms with Crippen molar-refractivity contribution in [2.45, 2.75) is 45.5 Å². The highest BCUT2D eigenvalue weighted by atomic mass is 16.7. The van der Waals surface area contributed by atoms with Crippen molar-refractivity contribution in [3.05, 3.63) is 82.9 Å². The van der Waals surface area contributed by atoms with Crippen LogP contribution in [0.2, 0.25) is 0 Å². The molecule has 0 bridgehead atoms. The summed E-state index contributed by atoms with van der Waals surface area (Å²) in [6.45, 7) is 6.54. The topological polar surface area (TPSA) is 81.7 Å². The summed E-state index contributed by atoms with van der Waals surface area (Å²) in [6.07, 6.45) is 2.48. The van der Waals surface area contributed by atoms with E-state index in [0.717, 1.165) is 46.8 Å². The molecule has 0 spiro atoms. The van der Waals surface area contributed by atoms with Crippen molar-refractivity contribution in [3.63, 3.8) is 0 Å². The Balaban J connectivity index is 1.28. The maximum atomic E-state index is 11.6. The van der Waals surface area contributed by atoms with E-state index >= 15 is 0 Å². The van der Waals surface area contributed by atoms with E-state index in [2.05, 4.69) is 6.92 Å². The highest BCUT2D eigenvalue weighted by Crippen LogP contribution is 2.42. The molecule has 8 nitrogen and oxygen atoms in total. The summed E-state index contributed by atoms with van der Waals surface area (Å²) >= 11 is 0. The first-order valence-electron chi connectivity index (χ1n) is 13.6. The lowest BCUT2D eigenvalue weighted by Gasteiger charge is -2.27. The third-order valence-electron chi connectivity index (χ3n) is 6.65. The van der Waals surface area contributed by atoms with Crippen LogP contribution in [0, 0.1) is 0 Å². The van der Waals surface area contributed by atoms with Crippen LogP contribution in [0.4, 0.5) is 0 Å². The van der Waals surface area contributed by atoms with Crippen molar-refractivity contribution in [1.82, 2.24) is 0 Å². The predicted molar refractivity (Wildman–Crippen MR) is 150 cm³/mol. The molecular formula is C32H38O8.